The van der Waals surface area contributed by atoms with Crippen molar-refractivity contribution in [1.82, 2.24) is 4.90 Å². The standard InChI is InChI=1S/C20H23F2N3O2S/c1-28(24,26)16-4-2-12-9-25(10-13(12)6-16)15-8-19(23)20(27-11-15)17-7-14(21)3-5-18(17)22/h2-7,15,19-20H,1,8-11,23H2,(H2,24,26)/t15-,19+,20-,28?/m1/s1. The zero-order chi connectivity index (χ0) is 20.1. The van der Waals surface area contributed by atoms with Crippen molar-refractivity contribution in [3.8, 4) is 0 Å². The molecule has 0 radical (unpaired) electrons. The molecule has 0 spiro atoms. The summed E-state index contributed by atoms with van der Waals surface area (Å²) in [4.78, 5) is 2.76. The second-order valence-corrected chi connectivity index (χ2v) is 9.46. The molecule has 4 rings (SSSR count). The monoisotopic (exact) mass is 407 g/mol. The van der Waals surface area contributed by atoms with Gasteiger partial charge in [-0.25, -0.2) is 13.0 Å². The fourth-order valence-corrected chi connectivity index (χ4v) is 4.66. The minimum absolute atomic E-state index is 0.0562. The number of nitrogens with two attached hydrogens (primary N) is 2. The number of halogens is 2. The van der Waals surface area contributed by atoms with Crippen molar-refractivity contribution >= 4 is 15.6 Å². The summed E-state index contributed by atoms with van der Waals surface area (Å²) >= 11 is 0. The number of ether oxygens (including phenoxy) is 1. The van der Waals surface area contributed by atoms with Crippen molar-refractivity contribution < 1.29 is 17.7 Å². The molecule has 150 valence electrons. The molecule has 8 heteroatoms. The lowest BCUT2D eigenvalue weighted by Crippen LogP contribution is -2.47. The van der Waals surface area contributed by atoms with Crippen LogP contribution in [0, 0.1) is 11.6 Å². The Kier molecular flexibility index (Phi) is 5.01. The summed E-state index contributed by atoms with van der Waals surface area (Å²) in [5.74, 6) is 2.51. The predicted molar refractivity (Wildman–Crippen MR) is 105 cm³/mol. The van der Waals surface area contributed by atoms with Crippen LogP contribution in [0.1, 0.15) is 29.2 Å². The molecule has 2 aromatic carbocycles. The van der Waals surface area contributed by atoms with Gasteiger partial charge < -0.3 is 10.5 Å². The molecule has 1 saturated heterocycles. The van der Waals surface area contributed by atoms with Crippen LogP contribution < -0.4 is 10.9 Å². The molecule has 0 amide bonds. The van der Waals surface area contributed by atoms with Gasteiger partial charge in [0.1, 0.15) is 17.7 Å². The Bertz CT molecular complexity index is 1010. The third-order valence-corrected chi connectivity index (χ3v) is 6.56. The maximum Gasteiger partial charge on any atom is 0.129 e. The Morgan fingerprint density at radius 3 is 2.61 bits per heavy atom. The lowest BCUT2D eigenvalue weighted by atomic mass is 9.93. The van der Waals surface area contributed by atoms with Crippen LogP contribution >= 0.6 is 0 Å². The highest BCUT2D eigenvalue weighted by Gasteiger charge is 2.36. The molecule has 2 aliphatic heterocycles. The van der Waals surface area contributed by atoms with Crippen LogP contribution in [-0.2, 0) is 27.5 Å². The SMILES string of the molecule is C=S(N)(=O)c1ccc2c(c1)CN([C@H]1CO[C@H](c3cc(F)ccc3F)[C@@H](N)C1)C2. The number of fused-ring (bicyclic) bond motifs is 1. The first-order chi connectivity index (χ1) is 13.2. The maximum absolute atomic E-state index is 14.1. The van der Waals surface area contributed by atoms with Crippen molar-refractivity contribution in [3.05, 3.63) is 64.7 Å². The van der Waals surface area contributed by atoms with Crippen LogP contribution in [0.4, 0.5) is 8.78 Å². The topological polar surface area (TPSA) is 81.6 Å². The Hall–Kier alpha value is -1.84. The molecule has 1 fully saturated rings. The van der Waals surface area contributed by atoms with E-state index in [4.69, 9.17) is 15.6 Å². The van der Waals surface area contributed by atoms with Crippen molar-refractivity contribution in [3.63, 3.8) is 0 Å². The van der Waals surface area contributed by atoms with Crippen molar-refractivity contribution in [2.45, 2.75) is 42.6 Å². The maximum atomic E-state index is 14.1. The van der Waals surface area contributed by atoms with Gasteiger partial charge in [0.2, 0.25) is 0 Å². The zero-order valence-electron chi connectivity index (χ0n) is 15.3. The van der Waals surface area contributed by atoms with Gasteiger partial charge in [-0.05, 0) is 53.7 Å². The molecular weight excluding hydrogens is 384 g/mol. The summed E-state index contributed by atoms with van der Waals surface area (Å²) in [6, 6.07) is 8.46. The number of hydrogen-bond acceptors (Lipinski definition) is 4. The van der Waals surface area contributed by atoms with Gasteiger partial charge in [0.15, 0.2) is 0 Å². The van der Waals surface area contributed by atoms with Crippen LogP contribution in [0.3, 0.4) is 0 Å². The smallest absolute Gasteiger partial charge is 0.129 e. The van der Waals surface area contributed by atoms with E-state index in [-0.39, 0.29) is 11.6 Å². The first-order valence-electron chi connectivity index (χ1n) is 9.05. The Morgan fingerprint density at radius 2 is 1.89 bits per heavy atom. The van der Waals surface area contributed by atoms with Crippen LogP contribution in [-0.4, -0.2) is 33.7 Å². The molecule has 0 bridgehead atoms. The van der Waals surface area contributed by atoms with E-state index in [1.807, 2.05) is 12.1 Å². The van der Waals surface area contributed by atoms with E-state index in [1.54, 1.807) is 6.07 Å². The number of rotatable bonds is 3. The van der Waals surface area contributed by atoms with Gasteiger partial charge in [0.25, 0.3) is 0 Å². The van der Waals surface area contributed by atoms with Gasteiger partial charge >= 0.3 is 0 Å². The summed E-state index contributed by atoms with van der Waals surface area (Å²) in [5.41, 5.74) is 8.63. The summed E-state index contributed by atoms with van der Waals surface area (Å²) < 4.78 is 45.5. The molecule has 5 nitrogen and oxygen atoms in total. The lowest BCUT2D eigenvalue weighted by molar-refractivity contribution is -0.0531. The van der Waals surface area contributed by atoms with Gasteiger partial charge in [-0.3, -0.25) is 10.0 Å². The van der Waals surface area contributed by atoms with E-state index in [0.717, 1.165) is 35.9 Å². The highest BCUT2D eigenvalue weighted by Crippen LogP contribution is 2.34. The highest BCUT2D eigenvalue weighted by molar-refractivity contribution is 7.98. The highest BCUT2D eigenvalue weighted by atomic mass is 32.2. The van der Waals surface area contributed by atoms with Crippen LogP contribution in [0.5, 0.6) is 0 Å². The molecule has 0 saturated carbocycles. The van der Waals surface area contributed by atoms with E-state index in [0.29, 0.717) is 24.5 Å². The Morgan fingerprint density at radius 1 is 1.14 bits per heavy atom. The van der Waals surface area contributed by atoms with Gasteiger partial charge in [-0.1, -0.05) is 6.07 Å². The molecule has 2 heterocycles. The lowest BCUT2D eigenvalue weighted by Gasteiger charge is -2.38. The summed E-state index contributed by atoms with van der Waals surface area (Å²) in [6.45, 7) is 1.76. The Balaban J connectivity index is 1.47. The number of benzene rings is 2. The third-order valence-electron chi connectivity index (χ3n) is 5.51. The van der Waals surface area contributed by atoms with Crippen molar-refractivity contribution in [2.24, 2.45) is 10.9 Å². The van der Waals surface area contributed by atoms with Gasteiger partial charge in [0, 0.05) is 35.6 Å². The first kappa shape index (κ1) is 19.5. The molecule has 1 unspecified atom stereocenters. The minimum Gasteiger partial charge on any atom is -0.370 e. The number of nitrogens with zero attached hydrogens (tertiary/aromatic N) is 1. The molecule has 2 aliphatic rings. The normalized spacial score (nSPS) is 27.4. The molecular formula is C20H23F2N3O2S. The average Bonchev–Trinajstić information content (AvgIpc) is 3.06. The van der Waals surface area contributed by atoms with E-state index in [9.17, 15) is 13.0 Å². The molecule has 2 aromatic rings. The van der Waals surface area contributed by atoms with Crippen LogP contribution in [0.15, 0.2) is 41.3 Å². The van der Waals surface area contributed by atoms with Crippen molar-refractivity contribution in [2.75, 3.05) is 6.61 Å². The summed E-state index contributed by atoms with van der Waals surface area (Å²) in [5, 5.41) is 5.65. The molecule has 28 heavy (non-hydrogen) atoms. The van der Waals surface area contributed by atoms with E-state index >= 15 is 0 Å². The molecule has 4 N–H and O–H groups in total. The minimum atomic E-state index is -2.75. The third kappa shape index (κ3) is 3.70. The molecule has 0 aliphatic carbocycles. The molecule has 0 aromatic heterocycles. The van der Waals surface area contributed by atoms with E-state index in [2.05, 4.69) is 10.8 Å². The summed E-state index contributed by atoms with van der Waals surface area (Å²) in [6.07, 6.45) is -0.0682. The quantitative estimate of drug-likeness (QED) is 0.764. The first-order valence-corrected chi connectivity index (χ1v) is 10.8. The fraction of sp³-hybridized carbons (Fsp3) is 0.350. The largest absolute Gasteiger partial charge is 0.370 e. The van der Waals surface area contributed by atoms with Gasteiger partial charge in [-0.2, -0.15) is 0 Å². The average molecular weight is 407 g/mol. The van der Waals surface area contributed by atoms with Crippen molar-refractivity contribution in [1.29, 1.82) is 0 Å². The van der Waals surface area contributed by atoms with Crippen LogP contribution in [0.25, 0.3) is 0 Å². The van der Waals surface area contributed by atoms with E-state index in [1.165, 1.54) is 0 Å². The zero-order valence-corrected chi connectivity index (χ0v) is 16.1. The summed E-state index contributed by atoms with van der Waals surface area (Å²) in [7, 11) is -2.75. The fourth-order valence-electron chi connectivity index (χ4n) is 4.02. The second kappa shape index (κ2) is 7.20. The predicted octanol–water partition coefficient (Wildman–Crippen LogP) is 2.09. The van der Waals surface area contributed by atoms with Gasteiger partial charge in [0.05, 0.1) is 16.3 Å². The number of hydrogen-bond donors (Lipinski definition) is 2. The Labute approximate surface area is 163 Å². The molecule has 4 atom stereocenters. The van der Waals surface area contributed by atoms with Crippen LogP contribution in [0.2, 0.25) is 0 Å². The van der Waals surface area contributed by atoms with Gasteiger partial charge in [-0.15, -0.1) is 0 Å². The second-order valence-electron chi connectivity index (χ2n) is 7.53. The van der Waals surface area contributed by atoms with E-state index < -0.39 is 33.5 Å².